The van der Waals surface area contributed by atoms with E-state index in [4.69, 9.17) is 4.74 Å². The maximum absolute atomic E-state index is 11.4. The van der Waals surface area contributed by atoms with Crippen molar-refractivity contribution < 1.29 is 19.1 Å². The molecule has 0 heterocycles. The van der Waals surface area contributed by atoms with Gasteiger partial charge in [0.15, 0.2) is 5.78 Å². The first-order valence-corrected chi connectivity index (χ1v) is 5.01. The lowest BCUT2D eigenvalue weighted by atomic mass is 10.1. The number of ketones is 1. The second-order valence-corrected chi connectivity index (χ2v) is 3.54. The van der Waals surface area contributed by atoms with Crippen LogP contribution in [-0.4, -0.2) is 17.7 Å². The van der Waals surface area contributed by atoms with Crippen LogP contribution in [0.3, 0.4) is 0 Å². The van der Waals surface area contributed by atoms with Gasteiger partial charge in [0.2, 0.25) is 5.91 Å². The van der Waals surface area contributed by atoms with Gasteiger partial charge in [-0.2, -0.15) is 0 Å². The largest absolute Gasteiger partial charge is 0.426 e. The van der Waals surface area contributed by atoms with Gasteiger partial charge in [0.1, 0.15) is 5.75 Å². The molecular weight excluding hydrogens is 222 g/mol. The molecule has 0 aliphatic heterocycles. The van der Waals surface area contributed by atoms with E-state index in [1.807, 2.05) is 0 Å². The Kier molecular flexibility index (Phi) is 3.98. The Labute approximate surface area is 98.8 Å². The fourth-order valence-corrected chi connectivity index (χ4v) is 1.33. The van der Waals surface area contributed by atoms with Crippen LogP contribution in [0.4, 0.5) is 5.69 Å². The molecule has 0 bridgehead atoms. The molecule has 1 rings (SSSR count). The number of ether oxygens (including phenoxy) is 1. The third-order valence-electron chi connectivity index (χ3n) is 1.93. The van der Waals surface area contributed by atoms with Crippen molar-refractivity contribution in [1.29, 1.82) is 0 Å². The van der Waals surface area contributed by atoms with Crippen molar-refractivity contribution in [2.75, 3.05) is 5.32 Å². The van der Waals surface area contributed by atoms with E-state index in [0.717, 1.165) is 0 Å². The van der Waals surface area contributed by atoms with Crippen LogP contribution in [0.25, 0.3) is 0 Å². The molecule has 0 saturated carbocycles. The minimum Gasteiger partial charge on any atom is -0.426 e. The normalized spacial score (nSPS) is 9.59. The molecular formula is C12H13NO4. The predicted molar refractivity (Wildman–Crippen MR) is 62.1 cm³/mol. The Hall–Kier alpha value is -2.17. The van der Waals surface area contributed by atoms with E-state index in [-0.39, 0.29) is 23.0 Å². The standard InChI is InChI=1S/C12H13NO4/c1-7(14)11-6-10(13-8(2)15)4-5-12(11)17-9(3)16/h4-6H,1-3H3,(H,13,15). The smallest absolute Gasteiger partial charge is 0.308 e. The lowest BCUT2D eigenvalue weighted by molar-refractivity contribution is -0.131. The van der Waals surface area contributed by atoms with Crippen molar-refractivity contribution in [3.63, 3.8) is 0 Å². The molecule has 5 heteroatoms. The zero-order chi connectivity index (χ0) is 13.0. The van der Waals surface area contributed by atoms with E-state index in [9.17, 15) is 14.4 Å². The third kappa shape index (κ3) is 3.71. The van der Waals surface area contributed by atoms with Gasteiger partial charge in [0.25, 0.3) is 0 Å². The maximum Gasteiger partial charge on any atom is 0.308 e. The zero-order valence-corrected chi connectivity index (χ0v) is 9.87. The molecule has 0 saturated heterocycles. The molecule has 1 aromatic carbocycles. The van der Waals surface area contributed by atoms with Gasteiger partial charge in [0, 0.05) is 19.5 Å². The summed E-state index contributed by atoms with van der Waals surface area (Å²) in [5.41, 5.74) is 0.741. The number of rotatable bonds is 3. The molecule has 1 amide bonds. The Bertz CT molecular complexity index is 479. The Morgan fingerprint density at radius 2 is 1.76 bits per heavy atom. The van der Waals surface area contributed by atoms with Crippen molar-refractivity contribution in [2.24, 2.45) is 0 Å². The molecule has 0 atom stereocenters. The first-order valence-electron chi connectivity index (χ1n) is 5.01. The van der Waals surface area contributed by atoms with Crippen LogP contribution < -0.4 is 10.1 Å². The van der Waals surface area contributed by atoms with Gasteiger partial charge in [-0.25, -0.2) is 0 Å². The number of amides is 1. The van der Waals surface area contributed by atoms with E-state index in [1.54, 1.807) is 6.07 Å². The summed E-state index contributed by atoms with van der Waals surface area (Å²) in [7, 11) is 0. The highest BCUT2D eigenvalue weighted by atomic mass is 16.5. The Balaban J connectivity index is 3.12. The van der Waals surface area contributed by atoms with Crippen LogP contribution in [0.5, 0.6) is 5.75 Å². The number of benzene rings is 1. The first kappa shape index (κ1) is 12.9. The maximum atomic E-state index is 11.4. The van der Waals surface area contributed by atoms with Crippen molar-refractivity contribution in [3.8, 4) is 5.75 Å². The van der Waals surface area contributed by atoms with Crippen molar-refractivity contribution in [2.45, 2.75) is 20.8 Å². The summed E-state index contributed by atoms with van der Waals surface area (Å²) in [6.45, 7) is 3.99. The summed E-state index contributed by atoms with van der Waals surface area (Å²) in [5.74, 6) is -0.785. The molecule has 90 valence electrons. The summed E-state index contributed by atoms with van der Waals surface area (Å²) < 4.78 is 4.89. The molecule has 0 fully saturated rings. The van der Waals surface area contributed by atoms with E-state index in [2.05, 4.69) is 5.32 Å². The van der Waals surface area contributed by atoms with E-state index in [1.165, 1.54) is 32.9 Å². The van der Waals surface area contributed by atoms with Gasteiger partial charge in [0.05, 0.1) is 5.56 Å². The summed E-state index contributed by atoms with van der Waals surface area (Å²) in [6.07, 6.45) is 0. The molecule has 5 nitrogen and oxygen atoms in total. The first-order chi connectivity index (χ1) is 7.90. The van der Waals surface area contributed by atoms with Crippen LogP contribution >= 0.6 is 0 Å². The van der Waals surface area contributed by atoms with Crippen molar-refractivity contribution >= 4 is 23.3 Å². The van der Waals surface area contributed by atoms with Crippen LogP contribution in [0.1, 0.15) is 31.1 Å². The molecule has 0 radical (unpaired) electrons. The highest BCUT2D eigenvalue weighted by Crippen LogP contribution is 2.23. The predicted octanol–water partition coefficient (Wildman–Crippen LogP) is 1.77. The summed E-state index contributed by atoms with van der Waals surface area (Å²) in [5, 5.41) is 2.55. The van der Waals surface area contributed by atoms with Crippen LogP contribution in [-0.2, 0) is 9.59 Å². The number of anilines is 1. The number of nitrogens with one attached hydrogen (secondary N) is 1. The second-order valence-electron chi connectivity index (χ2n) is 3.54. The van der Waals surface area contributed by atoms with Gasteiger partial charge in [-0.15, -0.1) is 0 Å². The van der Waals surface area contributed by atoms with Crippen molar-refractivity contribution in [1.82, 2.24) is 0 Å². The van der Waals surface area contributed by atoms with Gasteiger partial charge in [-0.3, -0.25) is 14.4 Å². The molecule has 0 aromatic heterocycles. The second kappa shape index (κ2) is 5.25. The Morgan fingerprint density at radius 3 is 2.24 bits per heavy atom. The third-order valence-corrected chi connectivity index (χ3v) is 1.93. The number of hydrogen-bond acceptors (Lipinski definition) is 4. The minimum absolute atomic E-state index is 0.194. The number of carbonyl (C=O) groups is 3. The number of Topliss-reactive ketones (excluding diaryl/α,β-unsaturated/α-hetero) is 1. The molecule has 17 heavy (non-hydrogen) atoms. The topological polar surface area (TPSA) is 72.5 Å². The highest BCUT2D eigenvalue weighted by molar-refractivity contribution is 5.99. The quantitative estimate of drug-likeness (QED) is 0.492. The lowest BCUT2D eigenvalue weighted by Crippen LogP contribution is -2.09. The molecule has 0 spiro atoms. The number of esters is 1. The van der Waals surface area contributed by atoms with Gasteiger partial charge in [-0.1, -0.05) is 0 Å². The minimum atomic E-state index is -0.500. The Morgan fingerprint density at radius 1 is 1.12 bits per heavy atom. The van der Waals surface area contributed by atoms with E-state index >= 15 is 0 Å². The molecule has 1 aromatic rings. The summed E-state index contributed by atoms with van der Waals surface area (Å²) in [6, 6.07) is 4.51. The number of carbonyl (C=O) groups excluding carboxylic acids is 3. The van der Waals surface area contributed by atoms with Crippen LogP contribution in [0.15, 0.2) is 18.2 Å². The van der Waals surface area contributed by atoms with Gasteiger partial charge >= 0.3 is 5.97 Å². The molecule has 1 N–H and O–H groups in total. The van der Waals surface area contributed by atoms with E-state index < -0.39 is 5.97 Å². The average Bonchev–Trinajstić information content (AvgIpc) is 2.18. The lowest BCUT2D eigenvalue weighted by Gasteiger charge is -2.09. The molecule has 0 aliphatic carbocycles. The van der Waals surface area contributed by atoms with Crippen LogP contribution in [0, 0.1) is 0 Å². The number of hydrogen-bond donors (Lipinski definition) is 1. The SMILES string of the molecule is CC(=O)Nc1ccc(OC(C)=O)c(C(C)=O)c1. The van der Waals surface area contributed by atoms with Crippen molar-refractivity contribution in [3.05, 3.63) is 23.8 Å². The molecule has 0 unspecified atom stereocenters. The fraction of sp³-hybridized carbons (Fsp3) is 0.250. The summed E-state index contributed by atoms with van der Waals surface area (Å²) in [4.78, 5) is 33.1. The monoisotopic (exact) mass is 235 g/mol. The van der Waals surface area contributed by atoms with Gasteiger partial charge in [-0.05, 0) is 25.1 Å². The van der Waals surface area contributed by atoms with Crippen LogP contribution in [0.2, 0.25) is 0 Å². The van der Waals surface area contributed by atoms with E-state index in [0.29, 0.717) is 5.69 Å². The zero-order valence-electron chi connectivity index (χ0n) is 9.87. The fourth-order valence-electron chi connectivity index (χ4n) is 1.33. The van der Waals surface area contributed by atoms with Gasteiger partial charge < -0.3 is 10.1 Å². The highest BCUT2D eigenvalue weighted by Gasteiger charge is 2.11. The summed E-state index contributed by atoms with van der Waals surface area (Å²) >= 11 is 0. The molecule has 0 aliphatic rings. The average molecular weight is 235 g/mol.